The summed E-state index contributed by atoms with van der Waals surface area (Å²) in [5.74, 6) is 0.632. The third-order valence-electron chi connectivity index (χ3n) is 7.90. The second-order valence-electron chi connectivity index (χ2n) is 10.4. The van der Waals surface area contributed by atoms with Crippen LogP contribution in [0.5, 0.6) is 0 Å². The van der Waals surface area contributed by atoms with Gasteiger partial charge in [0, 0.05) is 39.3 Å². The number of amides is 1. The largest absolute Gasteiger partial charge is 0.468 e. The summed E-state index contributed by atoms with van der Waals surface area (Å²) in [7, 11) is 3.23. The van der Waals surface area contributed by atoms with E-state index in [2.05, 4.69) is 45.0 Å². The highest BCUT2D eigenvalue weighted by atomic mass is 16.6. The van der Waals surface area contributed by atoms with Crippen molar-refractivity contribution in [2.45, 2.75) is 57.3 Å². The number of esters is 1. The maximum Gasteiger partial charge on any atom is 0.411 e. The predicted octanol–water partition coefficient (Wildman–Crippen LogP) is 3.03. The van der Waals surface area contributed by atoms with E-state index < -0.39 is 0 Å². The predicted molar refractivity (Wildman–Crippen MR) is 135 cm³/mol. The molecule has 35 heavy (non-hydrogen) atoms. The summed E-state index contributed by atoms with van der Waals surface area (Å²) in [4.78, 5) is 32.5. The van der Waals surface area contributed by atoms with Gasteiger partial charge in [0.15, 0.2) is 6.23 Å². The molecule has 0 N–H and O–H groups in total. The van der Waals surface area contributed by atoms with Crippen molar-refractivity contribution < 1.29 is 19.1 Å². The van der Waals surface area contributed by atoms with E-state index in [-0.39, 0.29) is 24.3 Å². The molecule has 2 unspecified atom stereocenters. The average Bonchev–Trinajstić information content (AvgIpc) is 3.21. The number of carbonyl (C=O) groups is 2. The van der Waals surface area contributed by atoms with E-state index in [1.165, 1.54) is 51.4 Å². The summed E-state index contributed by atoms with van der Waals surface area (Å²) >= 11 is 0. The van der Waals surface area contributed by atoms with Crippen molar-refractivity contribution in [1.82, 2.24) is 19.6 Å². The van der Waals surface area contributed by atoms with Gasteiger partial charge in [-0.2, -0.15) is 0 Å². The highest BCUT2D eigenvalue weighted by molar-refractivity contribution is 5.71. The molecule has 3 aliphatic rings. The zero-order chi connectivity index (χ0) is 24.6. The number of ether oxygens (including phenoxy) is 2. The number of cyclic esters (lactones) is 1. The first-order chi connectivity index (χ1) is 17.0. The van der Waals surface area contributed by atoms with Crippen molar-refractivity contribution in [3.8, 4) is 0 Å². The van der Waals surface area contributed by atoms with E-state index in [0.717, 1.165) is 44.9 Å². The Hall–Kier alpha value is -2.16. The van der Waals surface area contributed by atoms with Crippen molar-refractivity contribution in [2.75, 3.05) is 60.0 Å². The van der Waals surface area contributed by atoms with E-state index in [0.29, 0.717) is 13.1 Å². The van der Waals surface area contributed by atoms with Gasteiger partial charge in [0.2, 0.25) is 0 Å². The number of likely N-dealkylation sites (N-methyl/N-ethyl adjacent to an activating group) is 1. The van der Waals surface area contributed by atoms with E-state index >= 15 is 0 Å². The van der Waals surface area contributed by atoms with E-state index in [1.54, 1.807) is 11.9 Å². The van der Waals surface area contributed by atoms with Gasteiger partial charge in [-0.3, -0.25) is 19.5 Å². The summed E-state index contributed by atoms with van der Waals surface area (Å²) < 4.78 is 10.5. The third kappa shape index (κ3) is 7.41. The van der Waals surface area contributed by atoms with Crippen LogP contribution in [0.1, 0.15) is 44.1 Å². The Balaban J connectivity index is 1.20. The van der Waals surface area contributed by atoms with Crippen molar-refractivity contribution in [1.29, 1.82) is 0 Å². The Morgan fingerprint density at radius 3 is 2.43 bits per heavy atom. The Labute approximate surface area is 210 Å². The fraction of sp³-hybridized carbons (Fsp3) is 0.704. The van der Waals surface area contributed by atoms with E-state index in [1.807, 2.05) is 0 Å². The number of benzene rings is 1. The molecule has 3 aliphatic heterocycles. The minimum absolute atomic E-state index is 0.188. The minimum Gasteiger partial charge on any atom is -0.468 e. The van der Waals surface area contributed by atoms with E-state index in [4.69, 9.17) is 9.47 Å². The van der Waals surface area contributed by atoms with Crippen LogP contribution in [0.2, 0.25) is 0 Å². The lowest BCUT2D eigenvalue weighted by atomic mass is 9.90. The van der Waals surface area contributed by atoms with Crippen LogP contribution in [0.25, 0.3) is 0 Å². The molecular formula is C27H42N4O4. The molecule has 0 spiro atoms. The molecule has 194 valence electrons. The maximum absolute atomic E-state index is 11.9. The van der Waals surface area contributed by atoms with Crippen LogP contribution in [0, 0.1) is 5.92 Å². The zero-order valence-electron chi connectivity index (χ0n) is 21.4. The van der Waals surface area contributed by atoms with Crippen LogP contribution in [0.3, 0.4) is 0 Å². The van der Waals surface area contributed by atoms with Crippen molar-refractivity contribution in [2.24, 2.45) is 5.92 Å². The molecule has 0 aromatic heterocycles. The number of unbranched alkanes of at least 4 members (excludes halogenated alkanes) is 1. The lowest BCUT2D eigenvalue weighted by Crippen LogP contribution is -2.58. The van der Waals surface area contributed by atoms with Gasteiger partial charge in [-0.1, -0.05) is 49.6 Å². The number of piperazine rings is 1. The van der Waals surface area contributed by atoms with Crippen molar-refractivity contribution in [3.63, 3.8) is 0 Å². The molecule has 0 bridgehead atoms. The Morgan fingerprint density at radius 2 is 1.74 bits per heavy atom. The monoisotopic (exact) mass is 486 g/mol. The van der Waals surface area contributed by atoms with Gasteiger partial charge in [-0.25, -0.2) is 4.79 Å². The standard InChI is InChI=1S/C27H42N4O4/c1-28-20-25(35-27(28)33)31-17-16-30(21-26(32)34-2)19-24(31)11-7-6-8-22-12-14-29(15-13-22)18-23-9-4-3-5-10-23/h3-5,9-10,22,24-25H,6-8,11-21H2,1-2H3. The van der Waals surface area contributed by atoms with E-state index in [9.17, 15) is 9.59 Å². The van der Waals surface area contributed by atoms with Crippen LogP contribution in [-0.2, 0) is 20.8 Å². The second-order valence-corrected chi connectivity index (χ2v) is 10.4. The molecule has 3 heterocycles. The highest BCUT2D eigenvalue weighted by Crippen LogP contribution is 2.26. The number of methoxy groups -OCH3 is 1. The van der Waals surface area contributed by atoms with Gasteiger partial charge in [0.25, 0.3) is 0 Å². The van der Waals surface area contributed by atoms with Gasteiger partial charge in [-0.05, 0) is 43.8 Å². The molecule has 0 saturated carbocycles. The van der Waals surface area contributed by atoms with Crippen molar-refractivity contribution in [3.05, 3.63) is 35.9 Å². The maximum atomic E-state index is 11.9. The number of hydrogen-bond acceptors (Lipinski definition) is 7. The normalized spacial score (nSPS) is 25.1. The fourth-order valence-corrected chi connectivity index (χ4v) is 5.77. The molecular weight excluding hydrogens is 444 g/mol. The van der Waals surface area contributed by atoms with Crippen LogP contribution in [-0.4, -0.2) is 104 Å². The first-order valence-electron chi connectivity index (χ1n) is 13.2. The van der Waals surface area contributed by atoms with Gasteiger partial charge in [0.05, 0.1) is 20.2 Å². The zero-order valence-corrected chi connectivity index (χ0v) is 21.4. The fourth-order valence-electron chi connectivity index (χ4n) is 5.77. The van der Waals surface area contributed by atoms with Gasteiger partial charge in [0.1, 0.15) is 0 Å². The topological polar surface area (TPSA) is 65.6 Å². The highest BCUT2D eigenvalue weighted by Gasteiger charge is 2.39. The molecule has 0 radical (unpaired) electrons. The number of hydrogen-bond donors (Lipinski definition) is 0. The molecule has 1 aromatic rings. The Bertz CT molecular complexity index is 815. The summed E-state index contributed by atoms with van der Waals surface area (Å²) in [6.45, 7) is 6.77. The molecule has 3 fully saturated rings. The number of nitrogens with zero attached hydrogens (tertiary/aromatic N) is 4. The molecule has 0 aliphatic carbocycles. The smallest absolute Gasteiger partial charge is 0.411 e. The second kappa shape index (κ2) is 12.7. The van der Waals surface area contributed by atoms with Crippen LogP contribution < -0.4 is 0 Å². The summed E-state index contributed by atoms with van der Waals surface area (Å²) in [6.07, 6.45) is 6.89. The summed E-state index contributed by atoms with van der Waals surface area (Å²) in [5.41, 5.74) is 1.41. The lowest BCUT2D eigenvalue weighted by Gasteiger charge is -2.43. The summed E-state index contributed by atoms with van der Waals surface area (Å²) in [5, 5.41) is 0. The Morgan fingerprint density at radius 1 is 1.00 bits per heavy atom. The van der Waals surface area contributed by atoms with Crippen LogP contribution >= 0.6 is 0 Å². The number of carbonyl (C=O) groups excluding carboxylic acids is 2. The van der Waals surface area contributed by atoms with Crippen molar-refractivity contribution >= 4 is 12.1 Å². The van der Waals surface area contributed by atoms with Gasteiger partial charge < -0.3 is 14.4 Å². The van der Waals surface area contributed by atoms with Crippen LogP contribution in [0.15, 0.2) is 30.3 Å². The Kier molecular flexibility index (Phi) is 9.40. The quantitative estimate of drug-likeness (QED) is 0.372. The molecule has 2 atom stereocenters. The number of piperidine rings is 1. The summed E-state index contributed by atoms with van der Waals surface area (Å²) in [6, 6.07) is 11.1. The minimum atomic E-state index is -0.246. The molecule has 1 aromatic carbocycles. The first-order valence-corrected chi connectivity index (χ1v) is 13.2. The first kappa shape index (κ1) is 25.9. The lowest BCUT2D eigenvalue weighted by molar-refractivity contribution is -0.143. The number of rotatable bonds is 10. The van der Waals surface area contributed by atoms with Gasteiger partial charge in [-0.15, -0.1) is 0 Å². The molecule has 8 nitrogen and oxygen atoms in total. The SMILES string of the molecule is COC(=O)CN1CCN(C2CN(C)C(=O)O2)C(CCCCC2CCN(Cc3ccccc3)CC2)C1. The third-order valence-corrected chi connectivity index (χ3v) is 7.90. The van der Waals surface area contributed by atoms with Gasteiger partial charge >= 0.3 is 12.1 Å². The van der Waals surface area contributed by atoms with Crippen LogP contribution in [0.4, 0.5) is 4.79 Å². The molecule has 3 saturated heterocycles. The molecule has 1 amide bonds. The molecule has 8 heteroatoms. The number of likely N-dealkylation sites (tertiary alicyclic amines) is 1. The average molecular weight is 487 g/mol. The molecule has 4 rings (SSSR count).